The summed E-state index contributed by atoms with van der Waals surface area (Å²) in [6.07, 6.45) is 4.27. The van der Waals surface area contributed by atoms with Crippen molar-refractivity contribution >= 4 is 17.5 Å². The second-order valence-electron chi connectivity index (χ2n) is 7.10. The SMILES string of the molecule is CCc1ccc(CNC(=O)c2nnn(-c3cc(Cl)ccc3OC)c2-c2ccncc2)cc1. The van der Waals surface area contributed by atoms with E-state index in [0.717, 1.165) is 17.5 Å². The second kappa shape index (κ2) is 9.62. The average molecular weight is 448 g/mol. The summed E-state index contributed by atoms with van der Waals surface area (Å²) in [6.45, 7) is 2.49. The molecular weight excluding hydrogens is 426 g/mol. The third-order valence-corrected chi connectivity index (χ3v) is 5.33. The summed E-state index contributed by atoms with van der Waals surface area (Å²) in [6, 6.07) is 16.9. The highest BCUT2D eigenvalue weighted by Crippen LogP contribution is 2.31. The van der Waals surface area contributed by atoms with E-state index in [0.29, 0.717) is 28.7 Å². The van der Waals surface area contributed by atoms with E-state index in [9.17, 15) is 4.79 Å². The molecule has 0 bridgehead atoms. The fourth-order valence-electron chi connectivity index (χ4n) is 3.36. The van der Waals surface area contributed by atoms with Gasteiger partial charge in [0.2, 0.25) is 0 Å². The number of halogens is 1. The fourth-order valence-corrected chi connectivity index (χ4v) is 3.53. The van der Waals surface area contributed by atoms with Crippen LogP contribution in [0.1, 0.15) is 28.5 Å². The lowest BCUT2D eigenvalue weighted by atomic mass is 10.1. The number of carbonyl (C=O) groups is 1. The van der Waals surface area contributed by atoms with Gasteiger partial charge in [-0.25, -0.2) is 4.68 Å². The molecule has 1 N–H and O–H groups in total. The minimum absolute atomic E-state index is 0.198. The van der Waals surface area contributed by atoms with E-state index in [1.54, 1.807) is 54.5 Å². The van der Waals surface area contributed by atoms with Crippen LogP contribution < -0.4 is 10.1 Å². The summed E-state index contributed by atoms with van der Waals surface area (Å²) in [5, 5.41) is 11.9. The first-order valence-electron chi connectivity index (χ1n) is 10.2. The van der Waals surface area contributed by atoms with Crippen LogP contribution in [0.3, 0.4) is 0 Å². The molecule has 0 saturated heterocycles. The van der Waals surface area contributed by atoms with Crippen LogP contribution in [0.25, 0.3) is 16.9 Å². The molecule has 0 aliphatic heterocycles. The molecule has 2 aromatic carbocycles. The van der Waals surface area contributed by atoms with Crippen molar-refractivity contribution in [2.75, 3.05) is 7.11 Å². The van der Waals surface area contributed by atoms with Crippen molar-refractivity contribution in [3.8, 4) is 22.7 Å². The van der Waals surface area contributed by atoms with Crippen molar-refractivity contribution in [3.05, 3.63) is 88.8 Å². The Labute approximate surface area is 191 Å². The Balaban J connectivity index is 1.71. The topological polar surface area (TPSA) is 81.9 Å². The van der Waals surface area contributed by atoms with Gasteiger partial charge in [0.25, 0.3) is 5.91 Å². The molecule has 1 amide bonds. The predicted octanol–water partition coefficient (Wildman–Crippen LogP) is 4.48. The van der Waals surface area contributed by atoms with Gasteiger partial charge in [-0.15, -0.1) is 5.10 Å². The van der Waals surface area contributed by atoms with Crippen molar-refractivity contribution in [3.63, 3.8) is 0 Å². The Hall–Kier alpha value is -3.71. The number of hydrogen-bond acceptors (Lipinski definition) is 5. The molecule has 0 radical (unpaired) electrons. The number of rotatable bonds is 7. The van der Waals surface area contributed by atoms with Gasteiger partial charge in [0.15, 0.2) is 5.69 Å². The maximum Gasteiger partial charge on any atom is 0.274 e. The molecule has 0 spiro atoms. The number of amides is 1. The zero-order valence-corrected chi connectivity index (χ0v) is 18.5. The molecule has 2 heterocycles. The number of aromatic nitrogens is 4. The van der Waals surface area contributed by atoms with Gasteiger partial charge >= 0.3 is 0 Å². The first kappa shape index (κ1) is 21.5. The minimum Gasteiger partial charge on any atom is -0.494 e. The van der Waals surface area contributed by atoms with Crippen LogP contribution in [-0.2, 0) is 13.0 Å². The number of carbonyl (C=O) groups excluding carboxylic acids is 1. The Morgan fingerprint density at radius 3 is 2.47 bits per heavy atom. The van der Waals surface area contributed by atoms with Crippen LogP contribution >= 0.6 is 11.6 Å². The molecule has 2 aromatic heterocycles. The third kappa shape index (κ3) is 4.48. The van der Waals surface area contributed by atoms with E-state index in [4.69, 9.17) is 16.3 Å². The smallest absolute Gasteiger partial charge is 0.274 e. The lowest BCUT2D eigenvalue weighted by Gasteiger charge is -2.12. The van der Waals surface area contributed by atoms with Crippen molar-refractivity contribution in [1.29, 1.82) is 0 Å². The van der Waals surface area contributed by atoms with Crippen LogP contribution in [-0.4, -0.2) is 33.0 Å². The molecule has 0 fully saturated rings. The first-order chi connectivity index (χ1) is 15.6. The zero-order valence-electron chi connectivity index (χ0n) is 17.7. The highest BCUT2D eigenvalue weighted by Gasteiger charge is 2.23. The summed E-state index contributed by atoms with van der Waals surface area (Å²) in [5.74, 6) is 0.223. The molecule has 7 nitrogen and oxygen atoms in total. The van der Waals surface area contributed by atoms with Gasteiger partial charge in [-0.3, -0.25) is 9.78 Å². The van der Waals surface area contributed by atoms with Crippen molar-refractivity contribution < 1.29 is 9.53 Å². The molecular formula is C24H22ClN5O2. The lowest BCUT2D eigenvalue weighted by Crippen LogP contribution is -2.24. The first-order valence-corrected chi connectivity index (χ1v) is 10.5. The molecule has 32 heavy (non-hydrogen) atoms. The van der Waals surface area contributed by atoms with Crippen LogP contribution in [0.15, 0.2) is 67.0 Å². The highest BCUT2D eigenvalue weighted by molar-refractivity contribution is 6.30. The highest BCUT2D eigenvalue weighted by atomic mass is 35.5. The van der Waals surface area contributed by atoms with E-state index < -0.39 is 0 Å². The molecule has 4 aromatic rings. The second-order valence-corrected chi connectivity index (χ2v) is 7.54. The van der Waals surface area contributed by atoms with E-state index in [1.807, 2.05) is 12.1 Å². The Morgan fingerprint density at radius 2 is 1.78 bits per heavy atom. The molecule has 0 unspecified atom stereocenters. The normalized spacial score (nSPS) is 10.7. The largest absolute Gasteiger partial charge is 0.494 e. The molecule has 162 valence electrons. The molecule has 0 aliphatic carbocycles. The minimum atomic E-state index is -0.330. The van der Waals surface area contributed by atoms with E-state index >= 15 is 0 Å². The summed E-state index contributed by atoms with van der Waals surface area (Å²) in [7, 11) is 1.56. The number of methoxy groups -OCH3 is 1. The summed E-state index contributed by atoms with van der Waals surface area (Å²) >= 11 is 6.22. The van der Waals surface area contributed by atoms with E-state index in [-0.39, 0.29) is 11.6 Å². The molecule has 0 saturated carbocycles. The number of ether oxygens (including phenoxy) is 1. The van der Waals surface area contributed by atoms with Crippen molar-refractivity contribution in [1.82, 2.24) is 25.3 Å². The maximum atomic E-state index is 13.1. The quantitative estimate of drug-likeness (QED) is 0.451. The Kier molecular flexibility index (Phi) is 6.47. The van der Waals surface area contributed by atoms with Gasteiger partial charge in [-0.1, -0.05) is 48.0 Å². The number of pyridine rings is 1. The van der Waals surface area contributed by atoms with Gasteiger partial charge in [0.1, 0.15) is 17.1 Å². The number of nitrogens with one attached hydrogen (secondary N) is 1. The Bertz CT molecular complexity index is 1220. The van der Waals surface area contributed by atoms with Crippen LogP contribution in [0.5, 0.6) is 5.75 Å². The van der Waals surface area contributed by atoms with Crippen molar-refractivity contribution in [2.45, 2.75) is 19.9 Å². The van der Waals surface area contributed by atoms with E-state index in [1.165, 1.54) is 5.56 Å². The van der Waals surface area contributed by atoms with E-state index in [2.05, 4.69) is 39.7 Å². The maximum absolute atomic E-state index is 13.1. The lowest BCUT2D eigenvalue weighted by molar-refractivity contribution is 0.0946. The van der Waals surface area contributed by atoms with Gasteiger partial charge in [-0.05, 0) is 47.9 Å². The number of hydrogen-bond donors (Lipinski definition) is 1. The number of aryl methyl sites for hydroxylation is 1. The number of benzene rings is 2. The zero-order chi connectivity index (χ0) is 22.5. The van der Waals surface area contributed by atoms with Crippen molar-refractivity contribution in [2.24, 2.45) is 0 Å². The average Bonchev–Trinajstić information content (AvgIpc) is 3.28. The van der Waals surface area contributed by atoms with Gasteiger partial charge < -0.3 is 10.1 Å². The summed E-state index contributed by atoms with van der Waals surface area (Å²) in [4.78, 5) is 17.2. The molecule has 0 atom stereocenters. The van der Waals surface area contributed by atoms with Gasteiger partial charge in [-0.2, -0.15) is 0 Å². The summed E-state index contributed by atoms with van der Waals surface area (Å²) in [5.41, 5.74) is 4.29. The standard InChI is InChI=1S/C24H22ClN5O2/c1-3-16-4-6-17(7-5-16)15-27-24(31)22-23(18-10-12-26-13-11-18)30(29-28-22)20-14-19(25)8-9-21(20)32-2/h4-14H,3,15H2,1-2H3,(H,27,31). The fraction of sp³-hybridized carbons (Fsp3) is 0.167. The van der Waals surface area contributed by atoms with Crippen LogP contribution in [0, 0.1) is 0 Å². The van der Waals surface area contributed by atoms with Gasteiger partial charge in [0, 0.05) is 29.5 Å². The molecule has 4 rings (SSSR count). The monoisotopic (exact) mass is 447 g/mol. The van der Waals surface area contributed by atoms with Crippen LogP contribution in [0.2, 0.25) is 5.02 Å². The Morgan fingerprint density at radius 1 is 1.06 bits per heavy atom. The van der Waals surface area contributed by atoms with Gasteiger partial charge in [0.05, 0.1) is 7.11 Å². The number of nitrogens with zero attached hydrogens (tertiary/aromatic N) is 4. The van der Waals surface area contributed by atoms with Crippen LogP contribution in [0.4, 0.5) is 0 Å². The predicted molar refractivity (Wildman–Crippen MR) is 123 cm³/mol. The molecule has 8 heteroatoms. The molecule has 0 aliphatic rings. The third-order valence-electron chi connectivity index (χ3n) is 5.09. The summed E-state index contributed by atoms with van der Waals surface area (Å²) < 4.78 is 7.04.